The zero-order valence-electron chi connectivity index (χ0n) is 8.51. The second-order valence-electron chi connectivity index (χ2n) is 3.50. The average Bonchev–Trinajstić information content (AvgIpc) is 2.23. The Morgan fingerprint density at radius 1 is 1.13 bits per heavy atom. The molecule has 0 N–H and O–H groups in total. The van der Waals surface area contributed by atoms with Crippen molar-refractivity contribution < 1.29 is 4.79 Å². The zero-order valence-corrected chi connectivity index (χ0v) is 10.0. The van der Waals surface area contributed by atoms with Gasteiger partial charge in [-0.15, -0.1) is 0 Å². The van der Waals surface area contributed by atoms with Gasteiger partial charge in [-0.3, -0.25) is 0 Å². The first kappa shape index (κ1) is 12.5. The summed E-state index contributed by atoms with van der Waals surface area (Å²) in [6.07, 6.45) is 5.62. The van der Waals surface area contributed by atoms with E-state index in [4.69, 9.17) is 23.2 Å². The summed E-state index contributed by atoms with van der Waals surface area (Å²) in [6, 6.07) is 5.52. The molecular formula is C12H14Cl2O. The van der Waals surface area contributed by atoms with Crippen molar-refractivity contribution in [2.75, 3.05) is 0 Å². The van der Waals surface area contributed by atoms with Crippen LogP contribution in [0.15, 0.2) is 18.2 Å². The smallest absolute Gasteiger partial charge is 0.119 e. The fraction of sp³-hybridized carbons (Fsp3) is 0.417. The fourth-order valence-electron chi connectivity index (χ4n) is 1.45. The Balaban J connectivity index is 2.36. The van der Waals surface area contributed by atoms with Gasteiger partial charge in [0, 0.05) is 16.5 Å². The highest BCUT2D eigenvalue weighted by atomic mass is 35.5. The Labute approximate surface area is 100 Å². The molecule has 1 aromatic rings. The zero-order chi connectivity index (χ0) is 11.1. The quantitative estimate of drug-likeness (QED) is 0.539. The third kappa shape index (κ3) is 4.67. The Kier molecular flexibility index (Phi) is 5.74. The van der Waals surface area contributed by atoms with Gasteiger partial charge < -0.3 is 4.79 Å². The summed E-state index contributed by atoms with van der Waals surface area (Å²) in [4.78, 5) is 10.1. The van der Waals surface area contributed by atoms with E-state index >= 15 is 0 Å². The molecule has 0 aliphatic carbocycles. The monoisotopic (exact) mass is 244 g/mol. The first-order valence-corrected chi connectivity index (χ1v) is 5.87. The van der Waals surface area contributed by atoms with Gasteiger partial charge >= 0.3 is 0 Å². The highest BCUT2D eigenvalue weighted by molar-refractivity contribution is 6.33. The van der Waals surface area contributed by atoms with Crippen molar-refractivity contribution in [2.45, 2.75) is 32.1 Å². The number of carbonyl (C=O) groups excluding carboxylic acids is 1. The number of rotatable bonds is 6. The van der Waals surface area contributed by atoms with E-state index in [-0.39, 0.29) is 0 Å². The van der Waals surface area contributed by atoms with E-state index < -0.39 is 0 Å². The molecule has 0 radical (unpaired) electrons. The maximum atomic E-state index is 10.1. The molecule has 1 rings (SSSR count). The molecule has 0 aromatic heterocycles. The van der Waals surface area contributed by atoms with Crippen LogP contribution in [0.2, 0.25) is 10.0 Å². The van der Waals surface area contributed by atoms with Gasteiger partial charge in [0.2, 0.25) is 0 Å². The molecule has 15 heavy (non-hydrogen) atoms. The van der Waals surface area contributed by atoms with E-state index in [0.29, 0.717) is 6.42 Å². The third-order valence-corrected chi connectivity index (χ3v) is 2.88. The third-order valence-electron chi connectivity index (χ3n) is 2.28. The first-order chi connectivity index (χ1) is 7.24. The molecule has 1 aromatic carbocycles. The number of unbranched alkanes of at least 4 members (excludes halogenated alkanes) is 3. The van der Waals surface area contributed by atoms with Crippen LogP contribution in [0.3, 0.4) is 0 Å². The molecule has 0 heterocycles. The maximum Gasteiger partial charge on any atom is 0.119 e. The predicted octanol–water partition coefficient (Wildman–Crippen LogP) is 4.30. The summed E-state index contributed by atoms with van der Waals surface area (Å²) in [6.45, 7) is 0. The number of aldehydes is 1. The molecule has 0 aliphatic heterocycles. The molecule has 0 spiro atoms. The van der Waals surface area contributed by atoms with Gasteiger partial charge in [0.25, 0.3) is 0 Å². The summed E-state index contributed by atoms with van der Waals surface area (Å²) >= 11 is 11.9. The van der Waals surface area contributed by atoms with Gasteiger partial charge in [0.15, 0.2) is 0 Å². The van der Waals surface area contributed by atoms with E-state index in [9.17, 15) is 4.79 Å². The van der Waals surface area contributed by atoms with E-state index in [2.05, 4.69) is 0 Å². The molecular weight excluding hydrogens is 231 g/mol. The predicted molar refractivity (Wildman–Crippen MR) is 64.7 cm³/mol. The van der Waals surface area contributed by atoms with Crippen molar-refractivity contribution in [2.24, 2.45) is 0 Å². The first-order valence-electron chi connectivity index (χ1n) is 5.11. The van der Waals surface area contributed by atoms with Crippen LogP contribution in [0.5, 0.6) is 0 Å². The number of aryl methyl sites for hydroxylation is 1. The van der Waals surface area contributed by atoms with Gasteiger partial charge in [-0.05, 0) is 43.0 Å². The molecule has 1 nitrogen and oxygen atoms in total. The van der Waals surface area contributed by atoms with Crippen LogP contribution in [0.1, 0.15) is 31.2 Å². The van der Waals surface area contributed by atoms with Gasteiger partial charge in [-0.1, -0.05) is 29.6 Å². The van der Waals surface area contributed by atoms with Crippen molar-refractivity contribution in [1.29, 1.82) is 0 Å². The number of hydrogen-bond donors (Lipinski definition) is 0. The van der Waals surface area contributed by atoms with Crippen LogP contribution in [-0.4, -0.2) is 6.29 Å². The minimum absolute atomic E-state index is 0.656. The molecule has 0 aliphatic rings. The summed E-state index contributed by atoms with van der Waals surface area (Å²) in [5.41, 5.74) is 1.09. The van der Waals surface area contributed by atoms with Gasteiger partial charge in [0.05, 0.1) is 0 Å². The van der Waals surface area contributed by atoms with Crippen molar-refractivity contribution in [3.63, 3.8) is 0 Å². The lowest BCUT2D eigenvalue weighted by atomic mass is 10.1. The molecule has 0 unspecified atom stereocenters. The Bertz CT molecular complexity index is 323. The van der Waals surface area contributed by atoms with Crippen LogP contribution in [-0.2, 0) is 11.2 Å². The Morgan fingerprint density at radius 2 is 1.93 bits per heavy atom. The minimum Gasteiger partial charge on any atom is -0.303 e. The topological polar surface area (TPSA) is 17.1 Å². The summed E-state index contributed by atoms with van der Waals surface area (Å²) in [7, 11) is 0. The number of carbonyl (C=O) groups is 1. The van der Waals surface area contributed by atoms with E-state index in [1.807, 2.05) is 12.1 Å². The van der Waals surface area contributed by atoms with E-state index in [1.165, 1.54) is 0 Å². The Hall–Kier alpha value is -0.530. The second-order valence-corrected chi connectivity index (χ2v) is 4.35. The number of halogens is 2. The van der Waals surface area contributed by atoms with Crippen LogP contribution in [0, 0.1) is 0 Å². The van der Waals surface area contributed by atoms with Gasteiger partial charge in [-0.2, -0.15) is 0 Å². The lowest BCUT2D eigenvalue weighted by molar-refractivity contribution is -0.107. The van der Waals surface area contributed by atoms with Crippen molar-refractivity contribution in [1.82, 2.24) is 0 Å². The molecule has 0 amide bonds. The minimum atomic E-state index is 0.656. The van der Waals surface area contributed by atoms with Gasteiger partial charge in [0.1, 0.15) is 6.29 Å². The molecule has 0 atom stereocenters. The normalized spacial score (nSPS) is 10.3. The van der Waals surface area contributed by atoms with Crippen LogP contribution < -0.4 is 0 Å². The van der Waals surface area contributed by atoms with Crippen LogP contribution >= 0.6 is 23.2 Å². The van der Waals surface area contributed by atoms with Gasteiger partial charge in [-0.25, -0.2) is 0 Å². The van der Waals surface area contributed by atoms with E-state index in [1.54, 1.807) is 6.07 Å². The molecule has 3 heteroatoms. The maximum absolute atomic E-state index is 10.1. The molecule has 82 valence electrons. The lowest BCUT2D eigenvalue weighted by Gasteiger charge is -2.04. The molecule has 0 bridgehead atoms. The second kappa shape index (κ2) is 6.86. The fourth-order valence-corrected chi connectivity index (χ4v) is 1.86. The highest BCUT2D eigenvalue weighted by Gasteiger charge is 2.00. The summed E-state index contributed by atoms with van der Waals surface area (Å²) in [5.74, 6) is 0. The standard InChI is InChI=1S/C12H14Cl2O/c13-11-6-7-12(14)10(9-11)5-3-1-2-4-8-15/h6-9H,1-5H2. The average molecular weight is 245 g/mol. The largest absolute Gasteiger partial charge is 0.303 e. The highest BCUT2D eigenvalue weighted by Crippen LogP contribution is 2.22. The number of hydrogen-bond acceptors (Lipinski definition) is 1. The van der Waals surface area contributed by atoms with Crippen molar-refractivity contribution in [3.8, 4) is 0 Å². The van der Waals surface area contributed by atoms with Crippen molar-refractivity contribution >= 4 is 29.5 Å². The Morgan fingerprint density at radius 3 is 2.67 bits per heavy atom. The molecule has 0 saturated carbocycles. The lowest BCUT2D eigenvalue weighted by Crippen LogP contribution is -1.88. The molecule has 0 saturated heterocycles. The number of benzene rings is 1. The SMILES string of the molecule is O=CCCCCCc1cc(Cl)ccc1Cl. The summed E-state index contributed by atoms with van der Waals surface area (Å²) < 4.78 is 0. The van der Waals surface area contributed by atoms with Crippen molar-refractivity contribution in [3.05, 3.63) is 33.8 Å². The summed E-state index contributed by atoms with van der Waals surface area (Å²) in [5, 5.41) is 1.50. The van der Waals surface area contributed by atoms with Crippen LogP contribution in [0.25, 0.3) is 0 Å². The van der Waals surface area contributed by atoms with Crippen LogP contribution in [0.4, 0.5) is 0 Å². The van der Waals surface area contributed by atoms with E-state index in [0.717, 1.165) is 47.6 Å². The molecule has 0 fully saturated rings.